The Bertz CT molecular complexity index is 2140. The molecule has 0 saturated heterocycles. The number of amides is 1. The number of carbonyl (C=O) groups is 1. The zero-order valence-corrected chi connectivity index (χ0v) is 25.4. The Hall–Kier alpha value is -5.72. The van der Waals surface area contributed by atoms with Crippen LogP contribution in [-0.2, 0) is 11.4 Å². The molecule has 2 heterocycles. The molecule has 5 aromatic rings. The van der Waals surface area contributed by atoms with Crippen LogP contribution in [0, 0.1) is 11.3 Å². The minimum absolute atomic E-state index is 0.256. The Morgan fingerprint density at radius 2 is 1.76 bits per heavy atom. The van der Waals surface area contributed by atoms with E-state index in [2.05, 4.69) is 11.4 Å². The molecule has 0 saturated carbocycles. The average Bonchev–Trinajstić information content (AvgIpc) is 3.37. The molecule has 0 unspecified atom stereocenters. The van der Waals surface area contributed by atoms with Crippen LogP contribution < -0.4 is 29.7 Å². The lowest BCUT2D eigenvalue weighted by atomic mass is 9.95. The Balaban J connectivity index is 1.37. The summed E-state index contributed by atoms with van der Waals surface area (Å²) in [7, 11) is 1.58. The van der Waals surface area contributed by atoms with Crippen molar-refractivity contribution in [3.63, 3.8) is 0 Å². The number of nitrogens with one attached hydrogen (secondary N) is 1. The van der Waals surface area contributed by atoms with Gasteiger partial charge < -0.3 is 14.8 Å². The molecule has 6 rings (SSSR count). The fourth-order valence-electron chi connectivity index (χ4n) is 5.15. The van der Waals surface area contributed by atoms with Crippen molar-refractivity contribution in [2.75, 3.05) is 12.4 Å². The number of hydrogen-bond donors (Lipinski definition) is 1. The van der Waals surface area contributed by atoms with Gasteiger partial charge >= 0.3 is 0 Å². The summed E-state index contributed by atoms with van der Waals surface area (Å²) in [5.41, 5.74) is 4.34. The lowest BCUT2D eigenvalue weighted by Gasteiger charge is -2.25. The van der Waals surface area contributed by atoms with Gasteiger partial charge in [0.25, 0.3) is 11.5 Å². The number of nitriles is 1. The van der Waals surface area contributed by atoms with Crippen LogP contribution in [0.3, 0.4) is 0 Å². The topological polar surface area (TPSA) is 106 Å². The van der Waals surface area contributed by atoms with E-state index >= 15 is 0 Å². The number of methoxy groups -OCH3 is 1. The Morgan fingerprint density at radius 1 is 1.00 bits per heavy atom. The molecule has 0 spiro atoms. The number of thiazole rings is 1. The standard InChI is InChI=1S/C36H28N4O4S/c1-23-32(34(41)39-28-10-4-3-5-11-28)33(27-9-7-12-29(20-27)43-2)40-35(42)31(45-36(40)38-23)19-26-8-6-13-30(18-26)44-22-25-16-14-24(21-37)15-17-25/h3-20,33H,22H2,1-2H3,(H,39,41)/b31-19-/t33-/m1/s1. The molecule has 1 atom stereocenters. The molecule has 1 aliphatic heterocycles. The van der Waals surface area contributed by atoms with Crippen molar-refractivity contribution in [2.24, 2.45) is 4.99 Å². The number of aromatic nitrogens is 1. The van der Waals surface area contributed by atoms with Gasteiger partial charge in [-0.25, -0.2) is 4.99 Å². The number of rotatable bonds is 8. The second-order valence-electron chi connectivity index (χ2n) is 10.3. The summed E-state index contributed by atoms with van der Waals surface area (Å²) in [5.74, 6) is 0.924. The molecule has 8 nitrogen and oxygen atoms in total. The lowest BCUT2D eigenvalue weighted by Crippen LogP contribution is -2.40. The number of nitrogens with zero attached hydrogens (tertiary/aromatic N) is 3. The van der Waals surface area contributed by atoms with Gasteiger partial charge in [0.1, 0.15) is 18.1 Å². The van der Waals surface area contributed by atoms with E-state index < -0.39 is 6.04 Å². The number of benzene rings is 4. The van der Waals surface area contributed by atoms with Crippen molar-refractivity contribution in [1.82, 2.24) is 4.57 Å². The number of allylic oxidation sites excluding steroid dienone is 1. The van der Waals surface area contributed by atoms with Gasteiger partial charge in [0, 0.05) is 5.69 Å². The number of anilines is 1. The van der Waals surface area contributed by atoms with Crippen LogP contribution in [0.5, 0.6) is 11.5 Å². The van der Waals surface area contributed by atoms with Crippen molar-refractivity contribution >= 4 is 29.0 Å². The summed E-state index contributed by atoms with van der Waals surface area (Å²) < 4.78 is 13.5. The quantitative estimate of drug-likeness (QED) is 0.255. The van der Waals surface area contributed by atoms with Crippen molar-refractivity contribution in [1.29, 1.82) is 5.26 Å². The number of ether oxygens (including phenoxy) is 2. The number of hydrogen-bond acceptors (Lipinski definition) is 7. The second-order valence-corrected chi connectivity index (χ2v) is 11.4. The van der Waals surface area contributed by atoms with Crippen LogP contribution >= 0.6 is 11.3 Å². The first-order chi connectivity index (χ1) is 21.9. The zero-order valence-electron chi connectivity index (χ0n) is 24.6. The van der Waals surface area contributed by atoms with Crippen molar-refractivity contribution < 1.29 is 14.3 Å². The molecule has 4 aromatic carbocycles. The molecule has 0 bridgehead atoms. The van der Waals surface area contributed by atoms with Crippen molar-refractivity contribution in [2.45, 2.75) is 19.6 Å². The summed E-state index contributed by atoms with van der Waals surface area (Å²) in [6.07, 6.45) is 1.81. The number of carbonyl (C=O) groups excluding carboxylic acids is 1. The van der Waals surface area contributed by atoms with Gasteiger partial charge in [0.15, 0.2) is 4.80 Å². The summed E-state index contributed by atoms with van der Waals surface area (Å²) in [6, 6.07) is 32.7. The second kappa shape index (κ2) is 12.9. The lowest BCUT2D eigenvalue weighted by molar-refractivity contribution is -0.113. The van der Waals surface area contributed by atoms with E-state index in [0.29, 0.717) is 50.0 Å². The molecule has 0 aliphatic carbocycles. The molecule has 0 fully saturated rings. The first-order valence-corrected chi connectivity index (χ1v) is 15.0. The largest absolute Gasteiger partial charge is 0.497 e. The fraction of sp³-hybridized carbons (Fsp3) is 0.111. The maximum Gasteiger partial charge on any atom is 0.271 e. The maximum absolute atomic E-state index is 14.1. The summed E-state index contributed by atoms with van der Waals surface area (Å²) in [4.78, 5) is 33.1. The molecule has 222 valence electrons. The van der Waals surface area contributed by atoms with Crippen LogP contribution in [0.15, 0.2) is 124 Å². The van der Waals surface area contributed by atoms with Crippen LogP contribution in [-0.4, -0.2) is 17.6 Å². The molecule has 0 radical (unpaired) electrons. The first kappa shape index (κ1) is 29.4. The molecule has 1 aromatic heterocycles. The van der Waals surface area contributed by atoms with E-state index in [0.717, 1.165) is 16.7 Å². The highest BCUT2D eigenvalue weighted by molar-refractivity contribution is 7.07. The predicted molar refractivity (Wildman–Crippen MR) is 174 cm³/mol. The fourth-order valence-corrected chi connectivity index (χ4v) is 6.19. The van der Waals surface area contributed by atoms with Gasteiger partial charge in [0.2, 0.25) is 0 Å². The molecule has 45 heavy (non-hydrogen) atoms. The SMILES string of the molecule is COc1cccc([C@@H]2C(C(=O)Nc3ccccc3)=C(C)N=c3s/c(=C\c4cccc(OCc5ccc(C#N)cc5)c4)c(=O)n32)c1. The predicted octanol–water partition coefficient (Wildman–Crippen LogP) is 5.33. The van der Waals surface area contributed by atoms with Crippen LogP contribution in [0.25, 0.3) is 6.08 Å². The highest BCUT2D eigenvalue weighted by atomic mass is 32.1. The highest BCUT2D eigenvalue weighted by Crippen LogP contribution is 2.32. The number of fused-ring (bicyclic) bond motifs is 1. The van der Waals surface area contributed by atoms with Crippen molar-refractivity contribution in [3.8, 4) is 17.6 Å². The van der Waals surface area contributed by atoms with Gasteiger partial charge in [-0.05, 0) is 78.2 Å². The molecule has 1 amide bonds. The minimum Gasteiger partial charge on any atom is -0.497 e. The van der Waals surface area contributed by atoms with Crippen LogP contribution in [0.4, 0.5) is 5.69 Å². The highest BCUT2D eigenvalue weighted by Gasteiger charge is 2.32. The first-order valence-electron chi connectivity index (χ1n) is 14.2. The zero-order chi connectivity index (χ0) is 31.3. The Morgan fingerprint density at radius 3 is 2.51 bits per heavy atom. The maximum atomic E-state index is 14.1. The normalized spacial score (nSPS) is 14.2. The minimum atomic E-state index is -0.718. The van der Waals surface area contributed by atoms with E-state index in [-0.39, 0.29) is 11.5 Å². The van der Waals surface area contributed by atoms with Gasteiger partial charge in [0.05, 0.1) is 40.6 Å². The smallest absolute Gasteiger partial charge is 0.271 e. The summed E-state index contributed by atoms with van der Waals surface area (Å²) in [5, 5.41) is 12.0. The third-order valence-corrected chi connectivity index (χ3v) is 8.33. The summed E-state index contributed by atoms with van der Waals surface area (Å²) in [6.45, 7) is 2.13. The van der Waals surface area contributed by atoms with Gasteiger partial charge in [-0.3, -0.25) is 14.2 Å². The molecule has 1 aliphatic rings. The van der Waals surface area contributed by atoms with E-state index in [1.54, 1.807) is 30.7 Å². The molecule has 9 heteroatoms. The average molecular weight is 613 g/mol. The van der Waals surface area contributed by atoms with Gasteiger partial charge in [-0.2, -0.15) is 5.26 Å². The van der Waals surface area contributed by atoms with Crippen LogP contribution in [0.2, 0.25) is 0 Å². The summed E-state index contributed by atoms with van der Waals surface area (Å²) >= 11 is 1.27. The molecular weight excluding hydrogens is 584 g/mol. The third-order valence-electron chi connectivity index (χ3n) is 7.35. The Labute approximate surface area is 263 Å². The van der Waals surface area contributed by atoms with E-state index in [9.17, 15) is 9.59 Å². The molecular formula is C36H28N4O4S. The van der Waals surface area contributed by atoms with E-state index in [1.165, 1.54) is 11.3 Å². The van der Waals surface area contributed by atoms with Gasteiger partial charge in [-0.1, -0.05) is 65.9 Å². The van der Waals surface area contributed by atoms with Crippen molar-refractivity contribution in [3.05, 3.63) is 156 Å². The number of para-hydroxylation sites is 1. The van der Waals surface area contributed by atoms with Crippen LogP contribution in [0.1, 0.15) is 35.2 Å². The van der Waals surface area contributed by atoms with E-state index in [4.69, 9.17) is 19.7 Å². The molecule has 1 N–H and O–H groups in total. The monoisotopic (exact) mass is 612 g/mol. The van der Waals surface area contributed by atoms with Gasteiger partial charge in [-0.15, -0.1) is 0 Å². The Kier molecular flexibility index (Phi) is 8.40. The van der Waals surface area contributed by atoms with E-state index in [1.807, 2.05) is 97.1 Å². The third kappa shape index (κ3) is 6.32.